The van der Waals surface area contributed by atoms with Crippen molar-refractivity contribution in [2.75, 3.05) is 19.0 Å². The number of carbonyl (C=O) groups is 4. The molecule has 0 fully saturated rings. The SMILES string of the molecule is CN1C(=O)c2ccc(NC(=O)COC(=O)c3nn(-c4ccc(F)cc4)c4c3CCCC4)cc2C1=O. The maximum atomic E-state index is 13.4. The van der Waals surface area contributed by atoms with Gasteiger partial charge in [-0.2, -0.15) is 5.10 Å². The second-order valence-corrected chi connectivity index (χ2v) is 8.42. The van der Waals surface area contributed by atoms with E-state index < -0.39 is 30.3 Å². The number of aromatic nitrogens is 2. The number of nitrogens with zero attached hydrogens (tertiary/aromatic N) is 3. The van der Waals surface area contributed by atoms with E-state index in [2.05, 4.69) is 10.4 Å². The van der Waals surface area contributed by atoms with Crippen LogP contribution >= 0.6 is 0 Å². The third kappa shape index (κ3) is 4.07. The maximum Gasteiger partial charge on any atom is 0.359 e. The van der Waals surface area contributed by atoms with E-state index in [1.165, 1.54) is 37.4 Å². The van der Waals surface area contributed by atoms with Crippen molar-refractivity contribution in [1.29, 1.82) is 0 Å². The summed E-state index contributed by atoms with van der Waals surface area (Å²) in [5.41, 5.74) is 3.20. The summed E-state index contributed by atoms with van der Waals surface area (Å²) in [6, 6.07) is 10.2. The second-order valence-electron chi connectivity index (χ2n) is 8.42. The normalized spacial score (nSPS) is 14.5. The molecular weight excluding hydrogens is 455 g/mol. The first-order valence-corrected chi connectivity index (χ1v) is 11.1. The van der Waals surface area contributed by atoms with E-state index in [0.29, 0.717) is 17.8 Å². The van der Waals surface area contributed by atoms with Crippen LogP contribution in [0.4, 0.5) is 10.1 Å². The number of hydrogen-bond acceptors (Lipinski definition) is 6. The number of benzene rings is 2. The van der Waals surface area contributed by atoms with Crippen molar-refractivity contribution in [1.82, 2.24) is 14.7 Å². The van der Waals surface area contributed by atoms with Gasteiger partial charge in [-0.25, -0.2) is 13.9 Å². The molecule has 5 rings (SSSR count). The Morgan fingerprint density at radius 3 is 2.51 bits per heavy atom. The number of nitrogens with one attached hydrogen (secondary N) is 1. The number of esters is 1. The summed E-state index contributed by atoms with van der Waals surface area (Å²) in [6.07, 6.45) is 3.23. The monoisotopic (exact) mass is 476 g/mol. The Balaban J connectivity index is 1.29. The lowest BCUT2D eigenvalue weighted by molar-refractivity contribution is -0.119. The Morgan fingerprint density at radius 2 is 1.74 bits per heavy atom. The van der Waals surface area contributed by atoms with Crippen LogP contribution in [-0.2, 0) is 22.4 Å². The Hall–Kier alpha value is -4.34. The van der Waals surface area contributed by atoms with E-state index in [1.807, 2.05) is 0 Å². The minimum atomic E-state index is -0.726. The number of halogens is 1. The van der Waals surface area contributed by atoms with E-state index in [0.717, 1.165) is 35.4 Å². The van der Waals surface area contributed by atoms with Crippen LogP contribution in [0.1, 0.15) is 55.3 Å². The number of imide groups is 1. The molecule has 3 aromatic rings. The molecule has 1 aromatic heterocycles. The van der Waals surface area contributed by atoms with Crippen LogP contribution in [0.25, 0.3) is 5.69 Å². The van der Waals surface area contributed by atoms with Gasteiger partial charge >= 0.3 is 5.97 Å². The average molecular weight is 476 g/mol. The van der Waals surface area contributed by atoms with E-state index in [1.54, 1.807) is 16.8 Å². The van der Waals surface area contributed by atoms with E-state index in [4.69, 9.17) is 4.74 Å². The van der Waals surface area contributed by atoms with Crippen LogP contribution in [0.5, 0.6) is 0 Å². The molecule has 9 nitrogen and oxygen atoms in total. The fourth-order valence-corrected chi connectivity index (χ4v) is 4.39. The number of fused-ring (bicyclic) bond motifs is 2. The molecule has 178 valence electrons. The van der Waals surface area contributed by atoms with Gasteiger partial charge in [0, 0.05) is 24.0 Å². The number of anilines is 1. The lowest BCUT2D eigenvalue weighted by Gasteiger charge is -2.14. The first-order chi connectivity index (χ1) is 16.8. The van der Waals surface area contributed by atoms with Crippen molar-refractivity contribution in [2.45, 2.75) is 25.7 Å². The topological polar surface area (TPSA) is 111 Å². The van der Waals surface area contributed by atoms with Gasteiger partial charge in [-0.05, 0) is 68.1 Å². The molecule has 0 atom stereocenters. The lowest BCUT2D eigenvalue weighted by atomic mass is 9.95. The fraction of sp³-hybridized carbons (Fsp3) is 0.240. The Morgan fingerprint density at radius 1 is 1.03 bits per heavy atom. The van der Waals surface area contributed by atoms with Gasteiger partial charge < -0.3 is 10.1 Å². The van der Waals surface area contributed by atoms with Crippen molar-refractivity contribution in [2.24, 2.45) is 0 Å². The zero-order valence-corrected chi connectivity index (χ0v) is 18.8. The number of hydrogen-bond donors (Lipinski definition) is 1. The van der Waals surface area contributed by atoms with Gasteiger partial charge in [0.25, 0.3) is 17.7 Å². The molecule has 1 aliphatic heterocycles. The molecule has 0 unspecified atom stereocenters. The van der Waals surface area contributed by atoms with Gasteiger partial charge in [-0.3, -0.25) is 19.3 Å². The average Bonchev–Trinajstić information content (AvgIpc) is 3.35. The van der Waals surface area contributed by atoms with Gasteiger partial charge in [0.05, 0.1) is 16.8 Å². The third-order valence-corrected chi connectivity index (χ3v) is 6.15. The highest BCUT2D eigenvalue weighted by atomic mass is 19.1. The molecule has 35 heavy (non-hydrogen) atoms. The van der Waals surface area contributed by atoms with Gasteiger partial charge in [0.2, 0.25) is 0 Å². The molecule has 3 amide bonds. The minimum absolute atomic E-state index is 0.140. The molecule has 1 N–H and O–H groups in total. The Bertz CT molecular complexity index is 1380. The standard InChI is InChI=1S/C25H21FN4O5/c1-29-23(32)17-11-8-15(12-19(17)24(29)33)27-21(31)13-35-25(34)22-18-4-2-3-5-20(18)30(28-22)16-9-6-14(26)7-10-16/h6-12H,2-5,13H2,1H3,(H,27,31). The Labute approximate surface area is 199 Å². The number of rotatable bonds is 5. The summed E-state index contributed by atoms with van der Waals surface area (Å²) in [7, 11) is 1.39. The highest BCUT2D eigenvalue weighted by molar-refractivity contribution is 6.21. The fourth-order valence-electron chi connectivity index (χ4n) is 4.39. The molecule has 0 spiro atoms. The van der Waals surface area contributed by atoms with Crippen molar-refractivity contribution >= 4 is 29.4 Å². The summed E-state index contributed by atoms with van der Waals surface area (Å²) in [4.78, 5) is 50.4. The minimum Gasteiger partial charge on any atom is -0.451 e. The highest BCUT2D eigenvalue weighted by Gasteiger charge is 2.33. The van der Waals surface area contributed by atoms with Crippen LogP contribution in [0.15, 0.2) is 42.5 Å². The molecule has 0 bridgehead atoms. The molecule has 2 heterocycles. The predicted molar refractivity (Wildman–Crippen MR) is 122 cm³/mol. The third-order valence-electron chi connectivity index (χ3n) is 6.15. The summed E-state index contributed by atoms with van der Waals surface area (Å²) in [5.74, 6) is -2.55. The van der Waals surface area contributed by atoms with Crippen LogP contribution in [0.2, 0.25) is 0 Å². The molecule has 2 aliphatic rings. The number of carbonyl (C=O) groups excluding carboxylic acids is 4. The molecule has 0 radical (unpaired) electrons. The van der Waals surface area contributed by atoms with E-state index in [9.17, 15) is 23.6 Å². The predicted octanol–water partition coefficient (Wildman–Crippen LogP) is 2.91. The molecular formula is C25H21FN4O5. The van der Waals surface area contributed by atoms with Crippen molar-refractivity contribution in [3.8, 4) is 5.69 Å². The van der Waals surface area contributed by atoms with Crippen molar-refractivity contribution in [3.05, 3.63) is 76.4 Å². The molecule has 1 aliphatic carbocycles. The zero-order chi connectivity index (χ0) is 24.7. The van der Waals surface area contributed by atoms with Gasteiger partial charge in [-0.1, -0.05) is 0 Å². The van der Waals surface area contributed by atoms with E-state index >= 15 is 0 Å². The van der Waals surface area contributed by atoms with Crippen LogP contribution in [0.3, 0.4) is 0 Å². The number of amides is 3. The summed E-state index contributed by atoms with van der Waals surface area (Å²) in [6.45, 7) is -0.555. The largest absolute Gasteiger partial charge is 0.451 e. The van der Waals surface area contributed by atoms with Crippen molar-refractivity contribution < 1.29 is 28.3 Å². The van der Waals surface area contributed by atoms with Gasteiger partial charge in [-0.15, -0.1) is 0 Å². The smallest absolute Gasteiger partial charge is 0.359 e. The summed E-state index contributed by atoms with van der Waals surface area (Å²) in [5, 5.41) is 7.00. The number of ether oxygens (including phenoxy) is 1. The van der Waals surface area contributed by atoms with Crippen LogP contribution in [0, 0.1) is 5.82 Å². The summed E-state index contributed by atoms with van der Waals surface area (Å²) >= 11 is 0. The molecule has 0 saturated carbocycles. The Kier molecular flexibility index (Phi) is 5.64. The second kappa shape index (κ2) is 8.79. The quantitative estimate of drug-likeness (QED) is 0.448. The maximum absolute atomic E-state index is 13.4. The van der Waals surface area contributed by atoms with Gasteiger partial charge in [0.1, 0.15) is 5.82 Å². The summed E-state index contributed by atoms with van der Waals surface area (Å²) < 4.78 is 20.2. The molecule has 10 heteroatoms. The zero-order valence-electron chi connectivity index (χ0n) is 18.8. The lowest BCUT2D eigenvalue weighted by Crippen LogP contribution is -2.24. The first-order valence-electron chi connectivity index (χ1n) is 11.1. The van der Waals surface area contributed by atoms with Crippen molar-refractivity contribution in [3.63, 3.8) is 0 Å². The van der Waals surface area contributed by atoms with Crippen LogP contribution < -0.4 is 5.32 Å². The first kappa shape index (κ1) is 22.5. The highest BCUT2D eigenvalue weighted by Crippen LogP contribution is 2.28. The van der Waals surface area contributed by atoms with Crippen LogP contribution in [-0.4, -0.2) is 52.0 Å². The molecule has 2 aromatic carbocycles. The molecule has 0 saturated heterocycles. The van der Waals surface area contributed by atoms with Gasteiger partial charge in [0.15, 0.2) is 12.3 Å². The van der Waals surface area contributed by atoms with E-state index in [-0.39, 0.29) is 22.6 Å².